The van der Waals surface area contributed by atoms with E-state index >= 15 is 0 Å². The topological polar surface area (TPSA) is 108 Å². The second kappa shape index (κ2) is 5.99. The highest BCUT2D eigenvalue weighted by Gasteiger charge is 2.15. The number of rotatable bonds is 4. The second-order valence-electron chi connectivity index (χ2n) is 4.04. The van der Waals surface area contributed by atoms with E-state index < -0.39 is 9.85 Å². The average molecular weight is 401 g/mol. The number of benzene rings is 1. The van der Waals surface area contributed by atoms with Crippen LogP contribution in [-0.4, -0.2) is 14.8 Å². The maximum atomic E-state index is 10.7. The molecule has 21 heavy (non-hydrogen) atoms. The van der Waals surface area contributed by atoms with Gasteiger partial charge in [-0.05, 0) is 35.6 Å². The molecule has 0 aliphatic rings. The lowest BCUT2D eigenvalue weighted by atomic mass is 10.2. The van der Waals surface area contributed by atoms with Gasteiger partial charge in [-0.15, -0.1) is 0 Å². The van der Waals surface area contributed by atoms with Gasteiger partial charge in [0.25, 0.3) is 11.4 Å². The number of aromatic nitrogens is 1. The molecule has 0 atom stereocenters. The summed E-state index contributed by atoms with van der Waals surface area (Å²) in [5.74, 6) is 0.405. The number of non-ortho nitro benzene ring substituents is 1. The number of pyridine rings is 1. The van der Waals surface area contributed by atoms with Crippen molar-refractivity contribution in [1.29, 1.82) is 0 Å². The van der Waals surface area contributed by atoms with Crippen LogP contribution in [0.1, 0.15) is 5.56 Å². The van der Waals surface area contributed by atoms with Gasteiger partial charge in [0.15, 0.2) is 0 Å². The van der Waals surface area contributed by atoms with Crippen molar-refractivity contribution in [2.45, 2.75) is 6.92 Å². The monoisotopic (exact) mass is 401 g/mol. The quantitative estimate of drug-likeness (QED) is 0.440. The predicted octanol–water partition coefficient (Wildman–Crippen LogP) is 3.60. The molecule has 0 saturated heterocycles. The number of nitro groups is 2. The minimum Gasteiger partial charge on any atom is -0.438 e. The molecular formula is C12H8IN3O5. The number of hydrogen-bond donors (Lipinski definition) is 0. The van der Waals surface area contributed by atoms with Crippen LogP contribution in [0.3, 0.4) is 0 Å². The molecule has 1 heterocycles. The maximum Gasteiger partial charge on any atom is 0.290 e. The number of halogens is 1. The molecule has 108 valence electrons. The zero-order chi connectivity index (χ0) is 15.6. The molecule has 0 aliphatic carbocycles. The summed E-state index contributed by atoms with van der Waals surface area (Å²) in [7, 11) is 0. The van der Waals surface area contributed by atoms with Crippen molar-refractivity contribution in [2.75, 3.05) is 0 Å². The Kier molecular flexibility index (Phi) is 4.31. The first-order valence-corrected chi connectivity index (χ1v) is 6.69. The Morgan fingerprint density at radius 2 is 1.90 bits per heavy atom. The lowest BCUT2D eigenvalue weighted by Gasteiger charge is -2.07. The van der Waals surface area contributed by atoms with E-state index in [0.717, 1.165) is 6.20 Å². The van der Waals surface area contributed by atoms with E-state index in [2.05, 4.69) is 4.98 Å². The lowest BCUT2D eigenvalue weighted by Crippen LogP contribution is -1.96. The van der Waals surface area contributed by atoms with Gasteiger partial charge < -0.3 is 4.74 Å². The van der Waals surface area contributed by atoms with E-state index in [1.807, 2.05) is 22.6 Å². The molecule has 2 aromatic rings. The Hall–Kier alpha value is -2.30. The first-order chi connectivity index (χ1) is 9.88. The summed E-state index contributed by atoms with van der Waals surface area (Å²) < 4.78 is 6.13. The van der Waals surface area contributed by atoms with Gasteiger partial charge in [0, 0.05) is 17.7 Å². The molecule has 0 radical (unpaired) electrons. The van der Waals surface area contributed by atoms with Gasteiger partial charge in [-0.2, -0.15) is 0 Å². The fourth-order valence-electron chi connectivity index (χ4n) is 1.57. The molecule has 9 heteroatoms. The zero-order valence-electron chi connectivity index (χ0n) is 10.6. The minimum atomic E-state index is -0.538. The van der Waals surface area contributed by atoms with Gasteiger partial charge in [0.05, 0.1) is 19.5 Å². The fraction of sp³-hybridized carbons (Fsp3) is 0.0833. The molecule has 2 rings (SSSR count). The van der Waals surface area contributed by atoms with E-state index in [4.69, 9.17) is 4.74 Å². The molecule has 0 saturated carbocycles. The Morgan fingerprint density at radius 1 is 1.19 bits per heavy atom. The number of aryl methyl sites for hydroxylation is 1. The number of nitro benzene ring substituents is 1. The Bertz CT molecular complexity index is 735. The molecule has 0 spiro atoms. The van der Waals surface area contributed by atoms with Crippen LogP contribution < -0.4 is 4.74 Å². The van der Waals surface area contributed by atoms with Crippen molar-refractivity contribution in [3.05, 3.63) is 59.8 Å². The normalized spacial score (nSPS) is 10.2. The summed E-state index contributed by atoms with van der Waals surface area (Å²) in [4.78, 5) is 24.2. The maximum absolute atomic E-state index is 10.7. The summed E-state index contributed by atoms with van der Waals surface area (Å²) >= 11 is 1.97. The Labute approximate surface area is 132 Å². The van der Waals surface area contributed by atoms with E-state index in [9.17, 15) is 20.2 Å². The molecular weight excluding hydrogens is 393 g/mol. The second-order valence-corrected chi connectivity index (χ2v) is 5.20. The number of ether oxygens (including phenoxy) is 1. The first-order valence-electron chi connectivity index (χ1n) is 5.61. The number of nitrogens with zero attached hydrogens (tertiary/aromatic N) is 3. The van der Waals surface area contributed by atoms with E-state index in [1.165, 1.54) is 18.2 Å². The van der Waals surface area contributed by atoms with Crippen LogP contribution >= 0.6 is 22.6 Å². The first kappa shape index (κ1) is 15.1. The van der Waals surface area contributed by atoms with Crippen molar-refractivity contribution in [1.82, 2.24) is 4.98 Å². The largest absolute Gasteiger partial charge is 0.438 e. The SMILES string of the molecule is Cc1cc(Oc2cc([N+](=O)[O-])ccc2I)ncc1[N+](=O)[O-]. The molecule has 0 unspecified atom stereocenters. The van der Waals surface area contributed by atoms with Crippen LogP contribution in [0.2, 0.25) is 0 Å². The van der Waals surface area contributed by atoms with Crippen LogP contribution in [0.5, 0.6) is 11.6 Å². The van der Waals surface area contributed by atoms with Gasteiger partial charge in [0.1, 0.15) is 11.9 Å². The summed E-state index contributed by atoms with van der Waals surface area (Å²) in [6.45, 7) is 1.56. The van der Waals surface area contributed by atoms with E-state index in [-0.39, 0.29) is 23.0 Å². The van der Waals surface area contributed by atoms with Gasteiger partial charge in [-0.1, -0.05) is 0 Å². The molecule has 1 aromatic carbocycles. The van der Waals surface area contributed by atoms with Gasteiger partial charge in [-0.3, -0.25) is 20.2 Å². The molecule has 0 bridgehead atoms. The lowest BCUT2D eigenvalue weighted by molar-refractivity contribution is -0.385. The van der Waals surface area contributed by atoms with Crippen molar-refractivity contribution >= 4 is 34.0 Å². The average Bonchev–Trinajstić information content (AvgIpc) is 2.40. The summed E-state index contributed by atoms with van der Waals surface area (Å²) in [6.07, 6.45) is 1.09. The summed E-state index contributed by atoms with van der Waals surface area (Å²) in [5.41, 5.74) is 0.172. The number of hydrogen-bond acceptors (Lipinski definition) is 6. The van der Waals surface area contributed by atoms with Crippen molar-refractivity contribution in [2.24, 2.45) is 0 Å². The van der Waals surface area contributed by atoms with Gasteiger partial charge in [-0.25, -0.2) is 4.98 Å². The summed E-state index contributed by atoms with van der Waals surface area (Å²) in [5, 5.41) is 21.5. The third-order valence-electron chi connectivity index (χ3n) is 2.59. The molecule has 0 fully saturated rings. The highest BCUT2D eigenvalue weighted by molar-refractivity contribution is 14.1. The van der Waals surface area contributed by atoms with Crippen LogP contribution in [0, 0.1) is 30.7 Å². The predicted molar refractivity (Wildman–Crippen MR) is 81.5 cm³/mol. The highest BCUT2D eigenvalue weighted by atomic mass is 127. The Morgan fingerprint density at radius 3 is 2.48 bits per heavy atom. The minimum absolute atomic E-state index is 0.107. The smallest absolute Gasteiger partial charge is 0.290 e. The highest BCUT2D eigenvalue weighted by Crippen LogP contribution is 2.30. The third-order valence-corrected chi connectivity index (χ3v) is 3.49. The standard InChI is InChI=1S/C12H8IN3O5/c1-7-4-12(14-6-10(7)16(19)20)21-11-5-8(15(17)18)2-3-9(11)13/h2-6H,1H3. The molecule has 1 aromatic heterocycles. The molecule has 0 N–H and O–H groups in total. The molecule has 0 aliphatic heterocycles. The zero-order valence-corrected chi connectivity index (χ0v) is 12.8. The van der Waals surface area contributed by atoms with Gasteiger partial charge >= 0.3 is 0 Å². The molecule has 0 amide bonds. The van der Waals surface area contributed by atoms with Crippen LogP contribution in [0.25, 0.3) is 0 Å². The van der Waals surface area contributed by atoms with Crippen molar-refractivity contribution < 1.29 is 14.6 Å². The van der Waals surface area contributed by atoms with Crippen LogP contribution in [-0.2, 0) is 0 Å². The van der Waals surface area contributed by atoms with Crippen molar-refractivity contribution in [3.8, 4) is 11.6 Å². The van der Waals surface area contributed by atoms with Gasteiger partial charge in [0.2, 0.25) is 5.88 Å². The van der Waals surface area contributed by atoms with E-state index in [0.29, 0.717) is 9.13 Å². The third kappa shape index (κ3) is 3.42. The summed E-state index contributed by atoms with van der Waals surface area (Å²) in [6, 6.07) is 5.60. The van der Waals surface area contributed by atoms with Crippen LogP contribution in [0.4, 0.5) is 11.4 Å². The van der Waals surface area contributed by atoms with Crippen LogP contribution in [0.15, 0.2) is 30.5 Å². The Balaban J connectivity index is 2.34. The fourth-order valence-corrected chi connectivity index (χ4v) is 2.01. The van der Waals surface area contributed by atoms with E-state index in [1.54, 1.807) is 13.0 Å². The molecule has 8 nitrogen and oxygen atoms in total. The van der Waals surface area contributed by atoms with Crippen molar-refractivity contribution in [3.63, 3.8) is 0 Å².